The Morgan fingerprint density at radius 3 is 2.95 bits per heavy atom. The van der Waals surface area contributed by atoms with Crippen LogP contribution in [0, 0.1) is 0 Å². The minimum Gasteiger partial charge on any atom is -0.493 e. The molecular formula is C17H19NO2S. The summed E-state index contributed by atoms with van der Waals surface area (Å²) in [5, 5.41) is 6.69. The molecule has 0 saturated heterocycles. The first-order valence-corrected chi connectivity index (χ1v) is 8.01. The minimum atomic E-state index is 0.721. The molecule has 110 valence electrons. The lowest BCUT2D eigenvalue weighted by atomic mass is 10.2. The molecule has 0 unspecified atom stereocenters. The molecule has 0 atom stereocenters. The van der Waals surface area contributed by atoms with E-state index in [0.717, 1.165) is 42.0 Å². The van der Waals surface area contributed by atoms with Crippen molar-refractivity contribution in [2.75, 3.05) is 7.11 Å². The Hall–Kier alpha value is -1.78. The molecule has 1 N–H and O–H groups in total. The molecule has 1 aromatic carbocycles. The maximum Gasteiger partial charge on any atom is 0.176 e. The van der Waals surface area contributed by atoms with Crippen LogP contribution in [0.15, 0.2) is 40.1 Å². The van der Waals surface area contributed by atoms with Crippen molar-refractivity contribution in [3.05, 3.63) is 51.9 Å². The lowest BCUT2D eigenvalue weighted by Gasteiger charge is -2.03. The summed E-state index contributed by atoms with van der Waals surface area (Å²) in [6.45, 7) is 3.80. The molecule has 3 aromatic rings. The molecule has 3 rings (SSSR count). The third kappa shape index (κ3) is 2.96. The molecule has 2 aromatic heterocycles. The molecule has 0 amide bonds. The van der Waals surface area contributed by atoms with Crippen molar-refractivity contribution in [3.8, 4) is 5.75 Å². The standard InChI is InChI=1S/C17H19NO2S/c1-3-12-7-8-21-16(12)11-18-10-14-9-13-5-4-6-15(19-2)17(13)20-14/h4-9,18H,3,10-11H2,1-2H3. The van der Waals surface area contributed by atoms with Crippen molar-refractivity contribution in [1.29, 1.82) is 0 Å². The minimum absolute atomic E-state index is 0.721. The summed E-state index contributed by atoms with van der Waals surface area (Å²) in [7, 11) is 1.66. The number of hydrogen-bond donors (Lipinski definition) is 1. The van der Waals surface area contributed by atoms with E-state index in [2.05, 4.69) is 29.8 Å². The van der Waals surface area contributed by atoms with Crippen LogP contribution in [-0.4, -0.2) is 7.11 Å². The zero-order chi connectivity index (χ0) is 14.7. The highest BCUT2D eigenvalue weighted by atomic mass is 32.1. The van der Waals surface area contributed by atoms with Crippen LogP contribution in [0.25, 0.3) is 11.0 Å². The Morgan fingerprint density at radius 2 is 2.14 bits per heavy atom. The normalized spacial score (nSPS) is 11.1. The Bertz CT molecular complexity index is 729. The molecule has 0 aliphatic carbocycles. The van der Waals surface area contributed by atoms with E-state index < -0.39 is 0 Å². The Balaban J connectivity index is 1.68. The van der Waals surface area contributed by atoms with E-state index in [-0.39, 0.29) is 0 Å². The highest BCUT2D eigenvalue weighted by molar-refractivity contribution is 7.10. The smallest absolute Gasteiger partial charge is 0.176 e. The second-order valence-electron chi connectivity index (χ2n) is 4.92. The van der Waals surface area contributed by atoms with Crippen LogP contribution < -0.4 is 10.1 Å². The fourth-order valence-corrected chi connectivity index (χ4v) is 3.42. The molecule has 0 spiro atoms. The van der Waals surface area contributed by atoms with Gasteiger partial charge < -0.3 is 14.5 Å². The molecule has 4 heteroatoms. The van der Waals surface area contributed by atoms with E-state index >= 15 is 0 Å². The molecule has 0 aliphatic rings. The van der Waals surface area contributed by atoms with Crippen LogP contribution in [0.2, 0.25) is 0 Å². The number of fused-ring (bicyclic) bond motifs is 1. The van der Waals surface area contributed by atoms with Gasteiger partial charge in [0.15, 0.2) is 11.3 Å². The second kappa shape index (κ2) is 6.33. The summed E-state index contributed by atoms with van der Waals surface area (Å²) in [5.74, 6) is 1.72. The van der Waals surface area contributed by atoms with Crippen molar-refractivity contribution in [1.82, 2.24) is 5.32 Å². The number of nitrogens with one attached hydrogen (secondary N) is 1. The van der Waals surface area contributed by atoms with Crippen LogP contribution in [0.4, 0.5) is 0 Å². The Labute approximate surface area is 128 Å². The summed E-state index contributed by atoms with van der Waals surface area (Å²) in [5.41, 5.74) is 2.25. The lowest BCUT2D eigenvalue weighted by molar-refractivity contribution is 0.406. The van der Waals surface area contributed by atoms with Crippen molar-refractivity contribution >= 4 is 22.3 Å². The largest absolute Gasteiger partial charge is 0.493 e. The molecule has 2 heterocycles. The highest BCUT2D eigenvalue weighted by Gasteiger charge is 2.08. The first kappa shape index (κ1) is 14.2. The summed E-state index contributed by atoms with van der Waals surface area (Å²) >= 11 is 1.81. The lowest BCUT2D eigenvalue weighted by Crippen LogP contribution is -2.12. The van der Waals surface area contributed by atoms with Crippen LogP contribution in [0.1, 0.15) is 23.1 Å². The molecule has 0 bridgehead atoms. The Morgan fingerprint density at radius 1 is 1.24 bits per heavy atom. The first-order valence-electron chi connectivity index (χ1n) is 7.13. The molecule has 0 saturated carbocycles. The summed E-state index contributed by atoms with van der Waals surface area (Å²) in [6.07, 6.45) is 1.09. The third-order valence-corrected chi connectivity index (χ3v) is 4.55. The molecular weight excluding hydrogens is 282 g/mol. The van der Waals surface area contributed by atoms with Gasteiger partial charge in [0.05, 0.1) is 13.7 Å². The van der Waals surface area contributed by atoms with Gasteiger partial charge in [0, 0.05) is 16.8 Å². The van der Waals surface area contributed by atoms with Crippen molar-refractivity contribution in [2.45, 2.75) is 26.4 Å². The molecule has 21 heavy (non-hydrogen) atoms. The number of rotatable bonds is 6. The van der Waals surface area contributed by atoms with E-state index in [1.54, 1.807) is 7.11 Å². The van der Waals surface area contributed by atoms with E-state index in [9.17, 15) is 0 Å². The van der Waals surface area contributed by atoms with Crippen molar-refractivity contribution in [2.24, 2.45) is 0 Å². The fourth-order valence-electron chi connectivity index (χ4n) is 2.47. The van der Waals surface area contributed by atoms with Crippen LogP contribution >= 0.6 is 11.3 Å². The number of methoxy groups -OCH3 is 1. The molecule has 0 radical (unpaired) electrons. The fraction of sp³-hybridized carbons (Fsp3) is 0.294. The predicted octanol–water partition coefficient (Wildman–Crippen LogP) is 4.36. The van der Waals surface area contributed by atoms with Gasteiger partial charge in [-0.25, -0.2) is 0 Å². The maximum atomic E-state index is 5.88. The number of thiophene rings is 1. The quantitative estimate of drug-likeness (QED) is 0.735. The number of hydrogen-bond acceptors (Lipinski definition) is 4. The van der Waals surface area contributed by atoms with Gasteiger partial charge in [-0.2, -0.15) is 0 Å². The zero-order valence-corrected chi connectivity index (χ0v) is 13.1. The van der Waals surface area contributed by atoms with Crippen molar-refractivity contribution in [3.63, 3.8) is 0 Å². The number of aryl methyl sites for hydroxylation is 1. The monoisotopic (exact) mass is 301 g/mol. The van der Waals surface area contributed by atoms with Crippen LogP contribution in [0.5, 0.6) is 5.75 Å². The van der Waals surface area contributed by atoms with Gasteiger partial charge in [0.25, 0.3) is 0 Å². The highest BCUT2D eigenvalue weighted by Crippen LogP contribution is 2.28. The topological polar surface area (TPSA) is 34.4 Å². The summed E-state index contributed by atoms with van der Waals surface area (Å²) < 4.78 is 11.2. The first-order chi connectivity index (χ1) is 10.3. The van der Waals surface area contributed by atoms with Gasteiger partial charge in [-0.1, -0.05) is 19.1 Å². The predicted molar refractivity (Wildman–Crippen MR) is 87.0 cm³/mol. The maximum absolute atomic E-state index is 5.88. The number of para-hydroxylation sites is 1. The summed E-state index contributed by atoms with van der Waals surface area (Å²) in [6, 6.07) is 10.2. The van der Waals surface area contributed by atoms with Gasteiger partial charge in [-0.15, -0.1) is 11.3 Å². The Kier molecular flexibility index (Phi) is 4.27. The average Bonchev–Trinajstić information content (AvgIpc) is 3.12. The molecule has 0 fully saturated rings. The van der Waals surface area contributed by atoms with Crippen molar-refractivity contribution < 1.29 is 9.15 Å². The van der Waals surface area contributed by atoms with Crippen LogP contribution in [-0.2, 0) is 19.5 Å². The van der Waals surface area contributed by atoms with E-state index in [4.69, 9.17) is 9.15 Å². The number of ether oxygens (including phenoxy) is 1. The van der Waals surface area contributed by atoms with Gasteiger partial charge in [0.2, 0.25) is 0 Å². The van der Waals surface area contributed by atoms with E-state index in [0.29, 0.717) is 0 Å². The van der Waals surface area contributed by atoms with E-state index in [1.165, 1.54) is 10.4 Å². The van der Waals surface area contributed by atoms with E-state index in [1.807, 2.05) is 29.5 Å². The number of furan rings is 1. The average molecular weight is 301 g/mol. The second-order valence-corrected chi connectivity index (χ2v) is 5.92. The zero-order valence-electron chi connectivity index (χ0n) is 12.3. The number of benzene rings is 1. The van der Waals surface area contributed by atoms with Gasteiger partial charge >= 0.3 is 0 Å². The van der Waals surface area contributed by atoms with Gasteiger partial charge in [0.1, 0.15) is 5.76 Å². The molecule has 0 aliphatic heterocycles. The SMILES string of the molecule is CCc1ccsc1CNCc1cc2cccc(OC)c2o1. The van der Waals surface area contributed by atoms with Gasteiger partial charge in [-0.3, -0.25) is 0 Å². The molecule has 3 nitrogen and oxygen atoms in total. The van der Waals surface area contributed by atoms with Crippen LogP contribution in [0.3, 0.4) is 0 Å². The van der Waals surface area contributed by atoms with Gasteiger partial charge in [-0.05, 0) is 35.6 Å². The summed E-state index contributed by atoms with van der Waals surface area (Å²) in [4.78, 5) is 1.41. The third-order valence-electron chi connectivity index (χ3n) is 3.58.